The van der Waals surface area contributed by atoms with E-state index >= 15 is 0 Å². The van der Waals surface area contributed by atoms with Gasteiger partial charge in [0, 0.05) is 47.7 Å². The number of nitrogens with two attached hydrogens (primary N) is 1. The zero-order valence-corrected chi connectivity index (χ0v) is 22.0. The number of para-hydroxylation sites is 1. The number of hydrogen-bond acceptors (Lipinski definition) is 5. The molecule has 1 aliphatic carbocycles. The average molecular weight is 511 g/mol. The number of nitrogens with one attached hydrogen (secondary N) is 3. The number of aryl methyl sites for hydroxylation is 2. The molecule has 2 aromatic carbocycles. The fraction of sp³-hybridized carbons (Fsp3) is 0.300. The van der Waals surface area contributed by atoms with Gasteiger partial charge in [0.25, 0.3) is 5.91 Å². The number of rotatable bonds is 6. The van der Waals surface area contributed by atoms with E-state index in [1.165, 1.54) is 6.92 Å². The van der Waals surface area contributed by atoms with E-state index < -0.39 is 0 Å². The van der Waals surface area contributed by atoms with E-state index in [1.807, 2.05) is 53.1 Å². The summed E-state index contributed by atoms with van der Waals surface area (Å²) in [6.45, 7) is 5.63. The minimum Gasteiger partial charge on any atom is -0.349 e. The fourth-order valence-electron chi connectivity index (χ4n) is 5.08. The predicted octanol–water partition coefficient (Wildman–Crippen LogP) is 5.32. The highest BCUT2D eigenvalue weighted by Crippen LogP contribution is 2.34. The Labute approximate surface area is 222 Å². The molecule has 0 spiro atoms. The smallest absolute Gasteiger partial charge is 0.251 e. The summed E-state index contributed by atoms with van der Waals surface area (Å²) < 4.78 is 1.97. The van der Waals surface area contributed by atoms with Gasteiger partial charge in [0.1, 0.15) is 17.2 Å². The van der Waals surface area contributed by atoms with Crippen molar-refractivity contribution in [1.29, 1.82) is 0 Å². The molecule has 0 radical (unpaired) electrons. The number of fused-ring (bicyclic) bond motifs is 1. The number of hydrogen-bond donors (Lipinski definition) is 4. The largest absolute Gasteiger partial charge is 0.349 e. The molecule has 2 heterocycles. The number of imidazole rings is 1. The van der Waals surface area contributed by atoms with Crippen LogP contribution < -0.4 is 21.7 Å². The van der Waals surface area contributed by atoms with Crippen LogP contribution in [0.1, 0.15) is 54.1 Å². The van der Waals surface area contributed by atoms with Crippen molar-refractivity contribution >= 4 is 34.7 Å². The Morgan fingerprint density at radius 1 is 0.974 bits per heavy atom. The van der Waals surface area contributed by atoms with Crippen LogP contribution >= 0.6 is 0 Å². The molecule has 1 aliphatic rings. The first-order valence-electron chi connectivity index (χ1n) is 13.1. The lowest BCUT2D eigenvalue weighted by molar-refractivity contribution is -0.114. The number of benzene rings is 2. The van der Waals surface area contributed by atoms with Crippen molar-refractivity contribution in [1.82, 2.24) is 14.7 Å². The Balaban J connectivity index is 1.52. The van der Waals surface area contributed by atoms with Gasteiger partial charge in [-0.05, 0) is 74.9 Å². The zero-order chi connectivity index (χ0) is 26.8. The molecular formula is C30H34N6O2. The van der Waals surface area contributed by atoms with Crippen LogP contribution in [-0.4, -0.2) is 33.3 Å². The van der Waals surface area contributed by atoms with Crippen molar-refractivity contribution in [3.05, 3.63) is 77.5 Å². The van der Waals surface area contributed by atoms with Crippen molar-refractivity contribution in [2.75, 3.05) is 10.6 Å². The zero-order valence-electron chi connectivity index (χ0n) is 22.0. The SMILES string of the molecule is CC(=O)Nc1ccc(-c2nc3cc(C(=O)NC4CCC(N)CC4)ccn3c2Nc2c(C)cccc2C)cc1. The van der Waals surface area contributed by atoms with E-state index in [9.17, 15) is 9.59 Å². The number of carbonyl (C=O) groups is 2. The van der Waals surface area contributed by atoms with Crippen molar-refractivity contribution in [3.8, 4) is 11.3 Å². The maximum Gasteiger partial charge on any atom is 0.251 e. The monoisotopic (exact) mass is 510 g/mol. The molecule has 8 heteroatoms. The molecule has 1 fully saturated rings. The van der Waals surface area contributed by atoms with E-state index in [2.05, 4.69) is 41.9 Å². The molecule has 8 nitrogen and oxygen atoms in total. The first kappa shape index (κ1) is 25.5. The standard InChI is InChI=1S/C30H34N6O2/c1-18-5-4-6-19(2)27(18)35-29-28(21-7-11-24(12-8-21)32-20(3)37)34-26-17-22(15-16-36(26)29)30(38)33-25-13-9-23(31)10-14-25/h4-8,11-12,15-17,23,25,35H,9-10,13-14,31H2,1-3H3,(H,32,37)(H,33,38). The topological polar surface area (TPSA) is 114 Å². The van der Waals surface area contributed by atoms with E-state index in [0.717, 1.165) is 65.3 Å². The second-order valence-corrected chi connectivity index (χ2v) is 10.2. The van der Waals surface area contributed by atoms with Gasteiger partial charge in [0.05, 0.1) is 0 Å². The van der Waals surface area contributed by atoms with Crippen molar-refractivity contribution in [3.63, 3.8) is 0 Å². The maximum atomic E-state index is 13.1. The number of carbonyl (C=O) groups excluding carboxylic acids is 2. The highest BCUT2D eigenvalue weighted by Gasteiger charge is 2.22. The fourth-order valence-corrected chi connectivity index (χ4v) is 5.08. The molecule has 38 heavy (non-hydrogen) atoms. The summed E-state index contributed by atoms with van der Waals surface area (Å²) in [7, 11) is 0. The summed E-state index contributed by atoms with van der Waals surface area (Å²) >= 11 is 0. The van der Waals surface area contributed by atoms with Crippen molar-refractivity contribution in [2.45, 2.75) is 58.5 Å². The summed E-state index contributed by atoms with van der Waals surface area (Å²) in [5, 5.41) is 9.59. The van der Waals surface area contributed by atoms with Gasteiger partial charge in [0.15, 0.2) is 0 Å². The average Bonchev–Trinajstić information content (AvgIpc) is 3.25. The normalized spacial score (nSPS) is 17.3. The van der Waals surface area contributed by atoms with Gasteiger partial charge in [-0.15, -0.1) is 0 Å². The van der Waals surface area contributed by atoms with E-state index in [0.29, 0.717) is 11.2 Å². The molecule has 0 aliphatic heterocycles. The third-order valence-electron chi connectivity index (χ3n) is 7.20. The lowest BCUT2D eigenvalue weighted by Crippen LogP contribution is -2.40. The van der Waals surface area contributed by atoms with Crippen LogP contribution in [0.3, 0.4) is 0 Å². The third-order valence-corrected chi connectivity index (χ3v) is 7.20. The molecule has 0 saturated heterocycles. The number of pyridine rings is 1. The van der Waals surface area contributed by atoms with Crippen LogP contribution in [0.25, 0.3) is 16.9 Å². The minimum absolute atomic E-state index is 0.0959. The molecule has 4 aromatic rings. The van der Waals surface area contributed by atoms with Gasteiger partial charge in [-0.1, -0.05) is 30.3 Å². The molecule has 0 bridgehead atoms. The Hall–Kier alpha value is -4.17. The van der Waals surface area contributed by atoms with Crippen molar-refractivity contribution < 1.29 is 9.59 Å². The molecule has 0 unspecified atom stereocenters. The quantitative estimate of drug-likeness (QED) is 0.280. The van der Waals surface area contributed by atoms with E-state index in [-0.39, 0.29) is 23.9 Å². The van der Waals surface area contributed by atoms with Crippen LogP contribution in [-0.2, 0) is 4.79 Å². The summed E-state index contributed by atoms with van der Waals surface area (Å²) in [6.07, 6.45) is 5.56. The molecule has 5 rings (SSSR count). The van der Waals surface area contributed by atoms with Crippen LogP contribution in [0.2, 0.25) is 0 Å². The van der Waals surface area contributed by atoms with Gasteiger partial charge < -0.3 is 21.7 Å². The van der Waals surface area contributed by atoms with Gasteiger partial charge in [-0.25, -0.2) is 4.98 Å². The van der Waals surface area contributed by atoms with Crippen molar-refractivity contribution in [2.24, 2.45) is 5.73 Å². The number of amides is 2. The predicted molar refractivity (Wildman–Crippen MR) is 152 cm³/mol. The van der Waals surface area contributed by atoms with Gasteiger partial charge in [0.2, 0.25) is 5.91 Å². The molecule has 196 valence electrons. The Morgan fingerprint density at radius 2 is 1.66 bits per heavy atom. The van der Waals surface area contributed by atoms with Crippen LogP contribution in [0.5, 0.6) is 0 Å². The summed E-state index contributed by atoms with van der Waals surface area (Å²) in [5.74, 6) is 0.587. The maximum absolute atomic E-state index is 13.1. The summed E-state index contributed by atoms with van der Waals surface area (Å²) in [4.78, 5) is 29.5. The Bertz CT molecular complexity index is 1460. The highest BCUT2D eigenvalue weighted by atomic mass is 16.2. The van der Waals surface area contributed by atoms with Crippen LogP contribution in [0.4, 0.5) is 17.2 Å². The van der Waals surface area contributed by atoms with Crippen LogP contribution in [0, 0.1) is 13.8 Å². The van der Waals surface area contributed by atoms with Gasteiger partial charge >= 0.3 is 0 Å². The molecule has 5 N–H and O–H groups in total. The molecular weight excluding hydrogens is 476 g/mol. The second kappa shape index (κ2) is 10.7. The van der Waals surface area contributed by atoms with E-state index in [1.54, 1.807) is 0 Å². The first-order chi connectivity index (χ1) is 18.3. The third kappa shape index (κ3) is 5.40. The Kier molecular flexibility index (Phi) is 7.15. The van der Waals surface area contributed by atoms with Gasteiger partial charge in [-0.2, -0.15) is 0 Å². The molecule has 2 aromatic heterocycles. The molecule has 2 amide bonds. The van der Waals surface area contributed by atoms with E-state index in [4.69, 9.17) is 10.7 Å². The summed E-state index contributed by atoms with van der Waals surface area (Å²) in [5.41, 5.74) is 12.9. The highest BCUT2D eigenvalue weighted by molar-refractivity contribution is 5.96. The molecule has 1 saturated carbocycles. The Morgan fingerprint density at radius 3 is 2.32 bits per heavy atom. The van der Waals surface area contributed by atoms with Gasteiger partial charge in [-0.3, -0.25) is 14.0 Å². The lowest BCUT2D eigenvalue weighted by atomic mass is 9.91. The minimum atomic E-state index is -0.121. The number of aromatic nitrogens is 2. The second-order valence-electron chi connectivity index (χ2n) is 10.2. The lowest BCUT2D eigenvalue weighted by Gasteiger charge is -2.26. The number of anilines is 3. The summed E-state index contributed by atoms with van der Waals surface area (Å²) in [6, 6.07) is 17.8. The first-order valence-corrected chi connectivity index (χ1v) is 13.1. The number of nitrogens with zero attached hydrogens (tertiary/aromatic N) is 2. The molecule has 0 atom stereocenters. The van der Waals surface area contributed by atoms with Crippen LogP contribution in [0.15, 0.2) is 60.8 Å².